The van der Waals surface area contributed by atoms with Crippen LogP contribution in [0, 0.1) is 0 Å². The Morgan fingerprint density at radius 3 is 2.39 bits per heavy atom. The van der Waals surface area contributed by atoms with Crippen LogP contribution in [-0.2, 0) is 16.1 Å². The molecule has 2 aromatic carbocycles. The molecular weight excluding hydrogens is 578 g/mol. The minimum absolute atomic E-state index is 0.00223. The van der Waals surface area contributed by atoms with Crippen LogP contribution in [0.2, 0.25) is 0 Å². The maximum absolute atomic E-state index is 13.6. The molecule has 3 heterocycles. The van der Waals surface area contributed by atoms with E-state index < -0.39 is 6.04 Å². The molecule has 0 spiro atoms. The van der Waals surface area contributed by atoms with E-state index in [1.807, 2.05) is 35.2 Å². The lowest BCUT2D eigenvalue weighted by Crippen LogP contribution is -2.47. The molecule has 10 nitrogen and oxygen atoms in total. The highest BCUT2D eigenvalue weighted by Gasteiger charge is 2.43. The highest BCUT2D eigenvalue weighted by Crippen LogP contribution is 2.25. The second kappa shape index (κ2) is 15.1. The van der Waals surface area contributed by atoms with Crippen LogP contribution < -0.4 is 19.7 Å². The predicted octanol–water partition coefficient (Wildman–Crippen LogP) is 4.62. The van der Waals surface area contributed by atoms with Crippen molar-refractivity contribution in [3.63, 3.8) is 0 Å². The number of hydrogen-bond donors (Lipinski definition) is 1. The van der Waals surface area contributed by atoms with Gasteiger partial charge >= 0.3 is 0 Å². The quantitative estimate of drug-likeness (QED) is 0.260. The van der Waals surface area contributed by atoms with E-state index in [0.29, 0.717) is 29.7 Å². The summed E-state index contributed by atoms with van der Waals surface area (Å²) in [4.78, 5) is 35.0. The molecule has 44 heavy (non-hydrogen) atoms. The number of thiocarbonyl (C=S) groups is 1. The van der Waals surface area contributed by atoms with Gasteiger partial charge in [0.15, 0.2) is 5.11 Å². The molecule has 0 radical (unpaired) electrons. The van der Waals surface area contributed by atoms with E-state index >= 15 is 0 Å². The number of furan rings is 1. The molecule has 2 fully saturated rings. The topological polar surface area (TPSA) is 90.7 Å². The number of methoxy groups -OCH3 is 1. The summed E-state index contributed by atoms with van der Waals surface area (Å²) < 4.78 is 16.4. The normalized spacial score (nSPS) is 17.3. The largest absolute Gasteiger partial charge is 0.497 e. The molecule has 2 amide bonds. The number of amides is 2. The third-order valence-electron chi connectivity index (χ3n) is 7.97. The van der Waals surface area contributed by atoms with Gasteiger partial charge in [0.25, 0.3) is 5.91 Å². The van der Waals surface area contributed by atoms with E-state index in [4.69, 9.17) is 26.1 Å². The van der Waals surface area contributed by atoms with Crippen LogP contribution in [0.5, 0.6) is 11.5 Å². The minimum atomic E-state index is -0.670. The molecule has 2 aliphatic heterocycles. The van der Waals surface area contributed by atoms with Gasteiger partial charge in [0.2, 0.25) is 5.91 Å². The Kier molecular flexibility index (Phi) is 10.7. The number of nitrogens with zero attached hydrogens (tertiary/aromatic N) is 4. The number of carbonyl (C=O) groups is 2. The molecule has 0 aliphatic carbocycles. The van der Waals surface area contributed by atoms with Gasteiger partial charge in [-0.3, -0.25) is 19.4 Å². The van der Waals surface area contributed by atoms with Crippen molar-refractivity contribution in [3.05, 3.63) is 72.7 Å². The Morgan fingerprint density at radius 2 is 1.73 bits per heavy atom. The number of carbonyl (C=O) groups excluding carboxylic acids is 2. The summed E-state index contributed by atoms with van der Waals surface area (Å²) in [6, 6.07) is 18.4. The second-order valence-electron chi connectivity index (χ2n) is 11.0. The summed E-state index contributed by atoms with van der Waals surface area (Å²) >= 11 is 5.79. The summed E-state index contributed by atoms with van der Waals surface area (Å²) in [5, 5.41) is 3.36. The van der Waals surface area contributed by atoms with Gasteiger partial charge in [0.1, 0.15) is 23.3 Å². The third kappa shape index (κ3) is 7.89. The van der Waals surface area contributed by atoms with Crippen molar-refractivity contribution in [2.75, 3.05) is 63.2 Å². The average molecular weight is 620 g/mol. The zero-order valence-electron chi connectivity index (χ0n) is 25.4. The van der Waals surface area contributed by atoms with Crippen LogP contribution >= 0.6 is 12.2 Å². The van der Waals surface area contributed by atoms with Crippen molar-refractivity contribution in [2.45, 2.75) is 38.8 Å². The summed E-state index contributed by atoms with van der Waals surface area (Å²) in [7, 11) is 1.68. The molecule has 2 aliphatic rings. The average Bonchev–Trinajstić information content (AvgIpc) is 3.64. The monoisotopic (exact) mass is 619 g/mol. The smallest absolute Gasteiger partial charge is 0.252 e. The molecule has 3 aromatic rings. The van der Waals surface area contributed by atoms with Gasteiger partial charge < -0.3 is 29.0 Å². The number of piperazine rings is 1. The molecule has 5 rings (SSSR count). The van der Waals surface area contributed by atoms with Crippen molar-refractivity contribution in [3.8, 4) is 11.5 Å². The van der Waals surface area contributed by atoms with Crippen molar-refractivity contribution in [1.82, 2.24) is 14.7 Å². The van der Waals surface area contributed by atoms with Gasteiger partial charge in [-0.2, -0.15) is 0 Å². The molecule has 1 atom stereocenters. The Morgan fingerprint density at radius 1 is 1.00 bits per heavy atom. The van der Waals surface area contributed by atoms with Crippen LogP contribution in [0.15, 0.2) is 71.3 Å². The zero-order chi connectivity index (χ0) is 30.9. The first kappa shape index (κ1) is 31.3. The summed E-state index contributed by atoms with van der Waals surface area (Å²) in [5.41, 5.74) is 1.85. The van der Waals surface area contributed by atoms with Crippen LogP contribution in [0.25, 0.3) is 0 Å². The van der Waals surface area contributed by atoms with E-state index in [2.05, 4.69) is 34.2 Å². The number of anilines is 2. The van der Waals surface area contributed by atoms with Gasteiger partial charge in [-0.15, -0.1) is 0 Å². The summed E-state index contributed by atoms with van der Waals surface area (Å²) in [5.74, 6) is 1.83. The second-order valence-corrected chi connectivity index (χ2v) is 11.4. The van der Waals surface area contributed by atoms with E-state index in [1.165, 1.54) is 5.69 Å². The highest BCUT2D eigenvalue weighted by atomic mass is 32.1. The fourth-order valence-corrected chi connectivity index (χ4v) is 5.95. The number of benzene rings is 2. The van der Waals surface area contributed by atoms with E-state index in [0.717, 1.165) is 57.1 Å². The molecule has 2 saturated heterocycles. The van der Waals surface area contributed by atoms with Gasteiger partial charge in [0.05, 0.1) is 32.9 Å². The SMILES string of the molecule is CCCOc1ccc(NC(=O)C[C@H]2C(=O)N(Cc3ccco3)C(=S)N2CCCN2CCN(c3ccc(OC)cc3)CC2)cc1. The first-order valence-electron chi connectivity index (χ1n) is 15.2. The van der Waals surface area contributed by atoms with E-state index in [-0.39, 0.29) is 24.8 Å². The Hall–Kier alpha value is -4.09. The molecule has 1 aromatic heterocycles. The Bertz CT molecular complexity index is 1370. The fraction of sp³-hybridized carbons (Fsp3) is 0.424. The summed E-state index contributed by atoms with van der Waals surface area (Å²) in [6.07, 6.45) is 3.32. The van der Waals surface area contributed by atoms with E-state index in [9.17, 15) is 9.59 Å². The molecule has 0 unspecified atom stereocenters. The van der Waals surface area contributed by atoms with Crippen LogP contribution in [0.4, 0.5) is 11.4 Å². The molecular formula is C33H41N5O5S. The third-order valence-corrected chi connectivity index (χ3v) is 8.43. The predicted molar refractivity (Wildman–Crippen MR) is 174 cm³/mol. The number of ether oxygens (including phenoxy) is 2. The van der Waals surface area contributed by atoms with Crippen molar-refractivity contribution >= 4 is 40.5 Å². The van der Waals surface area contributed by atoms with Gasteiger partial charge in [-0.05, 0) is 92.3 Å². The first-order valence-corrected chi connectivity index (χ1v) is 15.6. The maximum Gasteiger partial charge on any atom is 0.252 e. The fourth-order valence-electron chi connectivity index (χ4n) is 5.58. The molecule has 0 saturated carbocycles. The van der Waals surface area contributed by atoms with Crippen LogP contribution in [0.3, 0.4) is 0 Å². The molecule has 234 valence electrons. The van der Waals surface area contributed by atoms with Crippen molar-refractivity contribution in [2.24, 2.45) is 0 Å². The van der Waals surface area contributed by atoms with Crippen LogP contribution in [-0.4, -0.2) is 90.7 Å². The lowest BCUT2D eigenvalue weighted by atomic mass is 10.1. The number of rotatable bonds is 14. The Balaban J connectivity index is 1.16. The Labute approximate surface area is 264 Å². The molecule has 11 heteroatoms. The number of nitrogens with one attached hydrogen (secondary N) is 1. The first-order chi connectivity index (χ1) is 21.4. The highest BCUT2D eigenvalue weighted by molar-refractivity contribution is 7.80. The maximum atomic E-state index is 13.6. The lowest BCUT2D eigenvalue weighted by Gasteiger charge is -2.36. The minimum Gasteiger partial charge on any atom is -0.497 e. The number of hydrogen-bond acceptors (Lipinski definition) is 8. The van der Waals surface area contributed by atoms with E-state index in [1.54, 1.807) is 36.5 Å². The van der Waals surface area contributed by atoms with Crippen LogP contribution in [0.1, 0.15) is 31.9 Å². The standard InChI is InChI=1S/C33H41N5O5S/c1-3-21-42-28-11-7-25(8-12-28)34-31(39)23-30-32(40)38(24-29-6-4-22-43-29)33(44)37(30)16-5-15-35-17-19-36(20-18-35)26-9-13-27(41-2)14-10-26/h4,6-14,22,30H,3,5,15-21,23-24H2,1-2H3,(H,34,39)/t30-/m0/s1. The summed E-state index contributed by atoms with van der Waals surface area (Å²) in [6.45, 7) is 8.19. The van der Waals surface area contributed by atoms with Gasteiger partial charge in [0, 0.05) is 44.1 Å². The van der Waals surface area contributed by atoms with Gasteiger partial charge in [-0.25, -0.2) is 0 Å². The van der Waals surface area contributed by atoms with Gasteiger partial charge in [-0.1, -0.05) is 6.92 Å². The lowest BCUT2D eigenvalue weighted by molar-refractivity contribution is -0.131. The van der Waals surface area contributed by atoms with Crippen molar-refractivity contribution in [1.29, 1.82) is 0 Å². The molecule has 1 N–H and O–H groups in total. The van der Waals surface area contributed by atoms with Crippen molar-refractivity contribution < 1.29 is 23.5 Å². The zero-order valence-corrected chi connectivity index (χ0v) is 26.3. The molecule has 0 bridgehead atoms.